The summed E-state index contributed by atoms with van der Waals surface area (Å²) in [6.07, 6.45) is -0.234. The van der Waals surface area contributed by atoms with Crippen LogP contribution in [0.3, 0.4) is 0 Å². The molecule has 2 atom stereocenters. The summed E-state index contributed by atoms with van der Waals surface area (Å²) in [6.45, 7) is 2.97. The summed E-state index contributed by atoms with van der Waals surface area (Å²) < 4.78 is 10.8. The van der Waals surface area contributed by atoms with Crippen molar-refractivity contribution in [3.63, 3.8) is 0 Å². The maximum Gasteiger partial charge on any atom is 0.410 e. The van der Waals surface area contributed by atoms with Gasteiger partial charge in [0.2, 0.25) is 0 Å². The number of hydrogen-bond donors (Lipinski definition) is 1. The third kappa shape index (κ3) is 3.05. The van der Waals surface area contributed by atoms with E-state index in [1.807, 2.05) is 30.3 Å². The Morgan fingerprint density at radius 2 is 1.95 bits per heavy atom. The lowest BCUT2D eigenvalue weighted by atomic mass is 10.1. The summed E-state index contributed by atoms with van der Waals surface area (Å²) in [5.74, 6) is 0. The number of fused-ring (bicyclic) bond motifs is 2. The molecular formula is C14H18N2O3. The Kier molecular flexibility index (Phi) is 3.66. The number of ether oxygens (including phenoxy) is 2. The molecule has 2 fully saturated rings. The average Bonchev–Trinajstić information content (AvgIpc) is 2.45. The van der Waals surface area contributed by atoms with Crippen molar-refractivity contribution in [3.8, 4) is 0 Å². The van der Waals surface area contributed by atoms with E-state index in [0.717, 1.165) is 5.56 Å². The highest BCUT2D eigenvalue weighted by molar-refractivity contribution is 5.68. The molecule has 0 spiro atoms. The molecule has 1 aromatic carbocycles. The molecule has 19 heavy (non-hydrogen) atoms. The molecule has 1 aromatic rings. The van der Waals surface area contributed by atoms with Crippen molar-refractivity contribution in [2.24, 2.45) is 0 Å². The molecule has 102 valence electrons. The quantitative estimate of drug-likeness (QED) is 0.863. The molecule has 0 aliphatic carbocycles. The van der Waals surface area contributed by atoms with Crippen LogP contribution in [0.2, 0.25) is 0 Å². The standard InChI is InChI=1S/C14H18N2O3/c17-14(19-8-11-4-2-1-3-5-11)16-6-12-9-18-10-13(7-16)15-12/h1-5,12-13,15H,6-10H2/t12-,13+. The molecule has 2 aliphatic rings. The van der Waals surface area contributed by atoms with Gasteiger partial charge in [-0.25, -0.2) is 4.79 Å². The van der Waals surface area contributed by atoms with E-state index in [0.29, 0.717) is 32.9 Å². The molecule has 0 saturated carbocycles. The third-order valence-electron chi connectivity index (χ3n) is 3.45. The zero-order valence-corrected chi connectivity index (χ0v) is 10.7. The van der Waals surface area contributed by atoms with E-state index in [2.05, 4.69) is 5.32 Å². The van der Waals surface area contributed by atoms with E-state index in [1.54, 1.807) is 4.90 Å². The monoisotopic (exact) mass is 262 g/mol. The number of amides is 1. The van der Waals surface area contributed by atoms with E-state index in [1.165, 1.54) is 0 Å². The number of hydrogen-bond acceptors (Lipinski definition) is 4. The lowest BCUT2D eigenvalue weighted by Gasteiger charge is -2.41. The fourth-order valence-corrected chi connectivity index (χ4v) is 2.56. The van der Waals surface area contributed by atoms with Gasteiger partial charge in [-0.3, -0.25) is 0 Å². The largest absolute Gasteiger partial charge is 0.445 e. The minimum atomic E-state index is -0.234. The van der Waals surface area contributed by atoms with Crippen LogP contribution in [-0.4, -0.2) is 49.4 Å². The molecule has 2 heterocycles. The Hall–Kier alpha value is -1.59. The van der Waals surface area contributed by atoms with Gasteiger partial charge >= 0.3 is 6.09 Å². The van der Waals surface area contributed by atoms with Crippen molar-refractivity contribution in [3.05, 3.63) is 35.9 Å². The van der Waals surface area contributed by atoms with Gasteiger partial charge in [0.05, 0.1) is 13.2 Å². The molecule has 2 aliphatic heterocycles. The first-order chi connectivity index (χ1) is 9.31. The van der Waals surface area contributed by atoms with Crippen LogP contribution in [0.5, 0.6) is 0 Å². The highest BCUT2D eigenvalue weighted by Gasteiger charge is 2.33. The molecule has 0 radical (unpaired) electrons. The molecule has 0 unspecified atom stereocenters. The first-order valence-corrected chi connectivity index (χ1v) is 6.60. The highest BCUT2D eigenvalue weighted by Crippen LogP contribution is 2.12. The van der Waals surface area contributed by atoms with Gasteiger partial charge in [-0.15, -0.1) is 0 Å². The molecule has 5 heteroatoms. The summed E-state index contributed by atoms with van der Waals surface area (Å²) in [6, 6.07) is 10.2. The van der Waals surface area contributed by atoms with Crippen molar-refractivity contribution < 1.29 is 14.3 Å². The Morgan fingerprint density at radius 1 is 1.26 bits per heavy atom. The second kappa shape index (κ2) is 5.59. The highest BCUT2D eigenvalue weighted by atomic mass is 16.6. The first kappa shape index (κ1) is 12.4. The van der Waals surface area contributed by atoms with Crippen LogP contribution in [-0.2, 0) is 16.1 Å². The predicted octanol–water partition coefficient (Wildman–Crippen LogP) is 0.996. The maximum absolute atomic E-state index is 12.0. The summed E-state index contributed by atoms with van der Waals surface area (Å²) in [4.78, 5) is 13.8. The summed E-state index contributed by atoms with van der Waals surface area (Å²) >= 11 is 0. The van der Waals surface area contributed by atoms with Crippen LogP contribution in [0.1, 0.15) is 5.56 Å². The topological polar surface area (TPSA) is 50.8 Å². The van der Waals surface area contributed by atoms with Crippen molar-refractivity contribution in [2.45, 2.75) is 18.7 Å². The summed E-state index contributed by atoms with van der Waals surface area (Å²) in [5, 5.41) is 3.44. The Balaban J connectivity index is 1.53. The smallest absolute Gasteiger partial charge is 0.410 e. The Morgan fingerprint density at radius 3 is 2.63 bits per heavy atom. The van der Waals surface area contributed by atoms with Crippen molar-refractivity contribution in [1.29, 1.82) is 0 Å². The van der Waals surface area contributed by atoms with Crippen LogP contribution in [0.15, 0.2) is 30.3 Å². The Labute approximate surface area is 112 Å². The lowest BCUT2D eigenvalue weighted by molar-refractivity contribution is -0.00838. The predicted molar refractivity (Wildman–Crippen MR) is 69.7 cm³/mol. The number of carbonyl (C=O) groups excluding carboxylic acids is 1. The number of nitrogens with zero attached hydrogens (tertiary/aromatic N) is 1. The van der Waals surface area contributed by atoms with Gasteiger partial charge in [0, 0.05) is 25.2 Å². The molecule has 2 bridgehead atoms. The van der Waals surface area contributed by atoms with Gasteiger partial charge in [0.15, 0.2) is 0 Å². The normalized spacial score (nSPS) is 26.0. The molecule has 1 N–H and O–H groups in total. The molecule has 1 amide bonds. The fourth-order valence-electron chi connectivity index (χ4n) is 2.56. The average molecular weight is 262 g/mol. The number of morpholine rings is 1. The zero-order valence-electron chi connectivity index (χ0n) is 10.7. The number of benzene rings is 1. The first-order valence-electron chi connectivity index (χ1n) is 6.60. The van der Waals surface area contributed by atoms with Crippen LogP contribution in [0.25, 0.3) is 0 Å². The van der Waals surface area contributed by atoms with E-state index in [9.17, 15) is 4.79 Å². The van der Waals surface area contributed by atoms with Crippen molar-refractivity contribution in [1.82, 2.24) is 10.2 Å². The minimum Gasteiger partial charge on any atom is -0.445 e. The van der Waals surface area contributed by atoms with E-state index in [4.69, 9.17) is 9.47 Å². The van der Waals surface area contributed by atoms with Crippen LogP contribution in [0.4, 0.5) is 4.79 Å². The van der Waals surface area contributed by atoms with E-state index in [-0.39, 0.29) is 18.2 Å². The van der Waals surface area contributed by atoms with Gasteiger partial charge in [-0.1, -0.05) is 30.3 Å². The molecular weight excluding hydrogens is 244 g/mol. The molecule has 2 saturated heterocycles. The fraction of sp³-hybridized carbons (Fsp3) is 0.500. The van der Waals surface area contributed by atoms with Crippen LogP contribution < -0.4 is 5.32 Å². The van der Waals surface area contributed by atoms with Gasteiger partial charge < -0.3 is 19.7 Å². The SMILES string of the molecule is O=C(OCc1ccccc1)N1C[C@H]2COC[C@@H](C1)N2. The Bertz CT molecular complexity index is 426. The third-order valence-corrected chi connectivity index (χ3v) is 3.45. The van der Waals surface area contributed by atoms with Gasteiger partial charge in [-0.05, 0) is 5.56 Å². The second-order valence-corrected chi connectivity index (χ2v) is 5.04. The van der Waals surface area contributed by atoms with Crippen molar-refractivity contribution in [2.75, 3.05) is 26.3 Å². The van der Waals surface area contributed by atoms with Crippen molar-refractivity contribution >= 4 is 6.09 Å². The van der Waals surface area contributed by atoms with Crippen LogP contribution in [0, 0.1) is 0 Å². The summed E-state index contributed by atoms with van der Waals surface area (Å²) in [5.41, 5.74) is 1.01. The zero-order chi connectivity index (χ0) is 13.1. The van der Waals surface area contributed by atoms with Gasteiger partial charge in [0.25, 0.3) is 0 Å². The van der Waals surface area contributed by atoms with Gasteiger partial charge in [-0.2, -0.15) is 0 Å². The summed E-state index contributed by atoms with van der Waals surface area (Å²) in [7, 11) is 0. The molecule has 3 rings (SSSR count). The van der Waals surface area contributed by atoms with E-state index >= 15 is 0 Å². The minimum absolute atomic E-state index is 0.233. The van der Waals surface area contributed by atoms with Crippen LogP contribution >= 0.6 is 0 Å². The van der Waals surface area contributed by atoms with Gasteiger partial charge in [0.1, 0.15) is 6.61 Å². The number of nitrogens with one attached hydrogen (secondary N) is 1. The number of rotatable bonds is 2. The second-order valence-electron chi connectivity index (χ2n) is 5.04. The maximum atomic E-state index is 12.0. The number of piperazine rings is 1. The lowest BCUT2D eigenvalue weighted by Crippen LogP contribution is -2.63. The molecule has 0 aromatic heterocycles. The molecule has 5 nitrogen and oxygen atoms in total. The van der Waals surface area contributed by atoms with E-state index < -0.39 is 0 Å². The number of carbonyl (C=O) groups is 1.